The fourth-order valence-electron chi connectivity index (χ4n) is 5.57. The molecule has 3 aromatic rings. The number of benzene rings is 3. The minimum Gasteiger partial charge on any atom is -0.479 e. The Balaban J connectivity index is 1.53. The van der Waals surface area contributed by atoms with Crippen molar-refractivity contribution in [3.8, 4) is 0 Å². The SMILES string of the molecule is CCOC(=O)CCCN(CCCCCc1ccc2ccccc2c1)C(=O)[C@H](OCCCCCc1ccc(C)c(C)c1)[C@@H](O)C(=O)O. The lowest BCUT2D eigenvalue weighted by Gasteiger charge is -2.29. The van der Waals surface area contributed by atoms with Crippen LogP contribution in [0.25, 0.3) is 10.8 Å². The number of amides is 1. The molecule has 1 amide bonds. The summed E-state index contributed by atoms with van der Waals surface area (Å²) in [5.74, 6) is -2.41. The molecule has 0 aliphatic heterocycles. The summed E-state index contributed by atoms with van der Waals surface area (Å²) in [5, 5.41) is 22.4. The fraction of sp³-hybridized carbons (Fsp3) is 0.500. The predicted molar refractivity (Wildman–Crippen MR) is 181 cm³/mol. The number of aryl methyl sites for hydroxylation is 4. The molecule has 0 unspecified atom stereocenters. The first-order chi connectivity index (χ1) is 22.2. The van der Waals surface area contributed by atoms with Crippen molar-refractivity contribution < 1.29 is 34.1 Å². The number of aliphatic hydroxyl groups is 1. The molecule has 0 aliphatic carbocycles. The second-order valence-corrected chi connectivity index (χ2v) is 12.0. The van der Waals surface area contributed by atoms with E-state index in [4.69, 9.17) is 9.47 Å². The maximum absolute atomic E-state index is 13.6. The van der Waals surface area contributed by atoms with Crippen molar-refractivity contribution in [3.63, 3.8) is 0 Å². The summed E-state index contributed by atoms with van der Waals surface area (Å²) in [7, 11) is 0. The number of carboxylic acids is 1. The molecule has 3 rings (SSSR count). The summed E-state index contributed by atoms with van der Waals surface area (Å²) in [6.07, 6.45) is 3.77. The lowest BCUT2D eigenvalue weighted by atomic mass is 10.0. The molecule has 0 saturated heterocycles. The molecule has 8 nitrogen and oxygen atoms in total. The van der Waals surface area contributed by atoms with Crippen molar-refractivity contribution in [2.24, 2.45) is 0 Å². The van der Waals surface area contributed by atoms with Crippen LogP contribution < -0.4 is 0 Å². The first kappa shape index (κ1) is 36.7. The number of carboxylic acid groups (broad SMARTS) is 1. The average molecular weight is 634 g/mol. The van der Waals surface area contributed by atoms with Crippen molar-refractivity contribution in [2.75, 3.05) is 26.3 Å². The molecule has 3 aromatic carbocycles. The van der Waals surface area contributed by atoms with Gasteiger partial charge in [0.25, 0.3) is 5.91 Å². The highest BCUT2D eigenvalue weighted by atomic mass is 16.5. The van der Waals surface area contributed by atoms with E-state index in [1.54, 1.807) is 6.92 Å². The largest absolute Gasteiger partial charge is 0.479 e. The number of esters is 1. The van der Waals surface area contributed by atoms with Gasteiger partial charge >= 0.3 is 11.9 Å². The molecule has 0 aliphatic rings. The van der Waals surface area contributed by atoms with Crippen LogP contribution in [0.5, 0.6) is 0 Å². The van der Waals surface area contributed by atoms with E-state index in [0.29, 0.717) is 25.8 Å². The van der Waals surface area contributed by atoms with Crippen LogP contribution in [0, 0.1) is 13.8 Å². The molecule has 2 N–H and O–H groups in total. The second-order valence-electron chi connectivity index (χ2n) is 12.0. The Morgan fingerprint density at radius 1 is 0.761 bits per heavy atom. The van der Waals surface area contributed by atoms with Crippen LogP contribution in [0.4, 0.5) is 0 Å². The highest BCUT2D eigenvalue weighted by Crippen LogP contribution is 2.18. The number of rotatable bonds is 21. The number of hydrogen-bond donors (Lipinski definition) is 2. The molecule has 0 bridgehead atoms. The molecule has 2 atom stereocenters. The van der Waals surface area contributed by atoms with Gasteiger partial charge in [0, 0.05) is 26.1 Å². The second kappa shape index (κ2) is 19.7. The Bertz CT molecular complexity index is 1400. The monoisotopic (exact) mass is 633 g/mol. The Morgan fingerprint density at radius 2 is 1.41 bits per heavy atom. The van der Waals surface area contributed by atoms with E-state index in [-0.39, 0.29) is 32.1 Å². The smallest absolute Gasteiger partial charge is 0.335 e. The van der Waals surface area contributed by atoms with Gasteiger partial charge in [0.1, 0.15) is 0 Å². The van der Waals surface area contributed by atoms with Crippen molar-refractivity contribution >= 4 is 28.6 Å². The number of ether oxygens (including phenoxy) is 2. The van der Waals surface area contributed by atoms with Crippen LogP contribution in [0.2, 0.25) is 0 Å². The van der Waals surface area contributed by atoms with Gasteiger partial charge in [-0.2, -0.15) is 0 Å². The first-order valence-electron chi connectivity index (χ1n) is 16.7. The van der Waals surface area contributed by atoms with Gasteiger partial charge in [-0.1, -0.05) is 73.5 Å². The van der Waals surface area contributed by atoms with Gasteiger partial charge in [-0.05, 0) is 98.7 Å². The van der Waals surface area contributed by atoms with Crippen LogP contribution in [0.1, 0.15) is 80.5 Å². The fourth-order valence-corrected chi connectivity index (χ4v) is 5.57. The number of carbonyl (C=O) groups excluding carboxylic acids is 2. The van der Waals surface area contributed by atoms with Crippen LogP contribution >= 0.6 is 0 Å². The van der Waals surface area contributed by atoms with Gasteiger partial charge in [0.2, 0.25) is 0 Å². The normalized spacial score (nSPS) is 12.5. The van der Waals surface area contributed by atoms with E-state index < -0.39 is 24.1 Å². The molecular weight excluding hydrogens is 582 g/mol. The molecular formula is C38H51NO7. The zero-order chi connectivity index (χ0) is 33.3. The quantitative estimate of drug-likeness (QED) is 0.101. The van der Waals surface area contributed by atoms with Crippen molar-refractivity contribution in [3.05, 3.63) is 82.9 Å². The number of unbranched alkanes of at least 4 members (excludes halogenated alkanes) is 4. The summed E-state index contributed by atoms with van der Waals surface area (Å²) < 4.78 is 10.8. The van der Waals surface area contributed by atoms with E-state index in [1.165, 1.54) is 37.9 Å². The Labute approximate surface area is 273 Å². The van der Waals surface area contributed by atoms with Crippen molar-refractivity contribution in [2.45, 2.75) is 97.2 Å². The van der Waals surface area contributed by atoms with Gasteiger partial charge in [-0.15, -0.1) is 0 Å². The maximum atomic E-state index is 13.6. The van der Waals surface area contributed by atoms with Crippen LogP contribution in [-0.2, 0) is 36.7 Å². The molecule has 250 valence electrons. The lowest BCUT2D eigenvalue weighted by molar-refractivity contribution is -0.167. The number of nitrogens with zero attached hydrogens (tertiary/aromatic N) is 1. The molecule has 0 heterocycles. The van der Waals surface area contributed by atoms with E-state index in [0.717, 1.165) is 38.5 Å². The topological polar surface area (TPSA) is 113 Å². The summed E-state index contributed by atoms with van der Waals surface area (Å²) in [6.45, 7) is 7.00. The maximum Gasteiger partial charge on any atom is 0.335 e. The summed E-state index contributed by atoms with van der Waals surface area (Å²) >= 11 is 0. The van der Waals surface area contributed by atoms with E-state index >= 15 is 0 Å². The van der Waals surface area contributed by atoms with Gasteiger partial charge in [-0.25, -0.2) is 4.79 Å². The summed E-state index contributed by atoms with van der Waals surface area (Å²) in [4.78, 5) is 38.8. The van der Waals surface area contributed by atoms with Gasteiger partial charge in [-0.3, -0.25) is 9.59 Å². The van der Waals surface area contributed by atoms with Crippen LogP contribution in [-0.4, -0.2) is 71.5 Å². The standard InChI is InChI=1S/C38H51NO7/c1-4-45-34(40)18-13-24-39(23-11-5-7-15-31-21-22-32-16-9-10-17-33(32)27-31)37(42)36(35(41)38(43)44)46-25-12-6-8-14-30-20-19-28(2)29(3)26-30/h9-10,16-17,19-22,26-27,35-36,41H,4-8,11-15,18,23-25H2,1-3H3,(H,43,44)/t35-,36-/m1/s1. The number of carbonyl (C=O) groups is 3. The van der Waals surface area contributed by atoms with E-state index in [2.05, 4.69) is 62.4 Å². The highest BCUT2D eigenvalue weighted by Gasteiger charge is 2.35. The highest BCUT2D eigenvalue weighted by molar-refractivity contribution is 5.88. The third-order valence-corrected chi connectivity index (χ3v) is 8.39. The molecule has 0 fully saturated rings. The number of fused-ring (bicyclic) bond motifs is 1. The van der Waals surface area contributed by atoms with Gasteiger partial charge < -0.3 is 24.6 Å². The third kappa shape index (κ3) is 12.2. The molecule has 0 radical (unpaired) electrons. The Kier molecular flexibility index (Phi) is 15.7. The number of hydrogen-bond acceptors (Lipinski definition) is 6. The average Bonchev–Trinajstić information content (AvgIpc) is 3.04. The lowest BCUT2D eigenvalue weighted by Crippen LogP contribution is -2.50. The van der Waals surface area contributed by atoms with E-state index in [9.17, 15) is 24.6 Å². The van der Waals surface area contributed by atoms with E-state index in [1.807, 2.05) is 12.1 Å². The first-order valence-corrected chi connectivity index (χ1v) is 16.7. The molecule has 46 heavy (non-hydrogen) atoms. The Hall–Kier alpha value is -3.75. The number of aliphatic hydroxyl groups excluding tert-OH is 1. The zero-order valence-corrected chi connectivity index (χ0v) is 27.7. The minimum absolute atomic E-state index is 0.146. The Morgan fingerprint density at radius 3 is 2.11 bits per heavy atom. The molecule has 0 spiro atoms. The molecule has 8 heteroatoms. The minimum atomic E-state index is -1.98. The van der Waals surface area contributed by atoms with Gasteiger partial charge in [0.05, 0.1) is 6.61 Å². The molecule has 0 saturated carbocycles. The molecule has 0 aromatic heterocycles. The van der Waals surface area contributed by atoms with Gasteiger partial charge in [0.15, 0.2) is 12.2 Å². The van der Waals surface area contributed by atoms with Crippen molar-refractivity contribution in [1.82, 2.24) is 4.90 Å². The van der Waals surface area contributed by atoms with Crippen LogP contribution in [0.3, 0.4) is 0 Å². The predicted octanol–water partition coefficient (Wildman–Crippen LogP) is 6.59. The zero-order valence-electron chi connectivity index (χ0n) is 27.7. The van der Waals surface area contributed by atoms with Crippen LogP contribution in [0.15, 0.2) is 60.7 Å². The summed E-state index contributed by atoms with van der Waals surface area (Å²) in [6, 6.07) is 21.2. The van der Waals surface area contributed by atoms with Crippen molar-refractivity contribution in [1.29, 1.82) is 0 Å². The third-order valence-electron chi connectivity index (χ3n) is 8.39. The summed E-state index contributed by atoms with van der Waals surface area (Å²) in [5.41, 5.74) is 5.06. The number of aliphatic carboxylic acids is 1.